The highest BCUT2D eigenvalue weighted by molar-refractivity contribution is 7.90. The Bertz CT molecular complexity index is 1660. The third-order valence-corrected chi connectivity index (χ3v) is 9.51. The molecule has 0 radical (unpaired) electrons. The van der Waals surface area contributed by atoms with Crippen LogP contribution in [-0.4, -0.2) is 62.1 Å². The van der Waals surface area contributed by atoms with Gasteiger partial charge in [-0.25, -0.2) is 17.6 Å². The largest absolute Gasteiger partial charge is 0.481 e. The summed E-state index contributed by atoms with van der Waals surface area (Å²) >= 11 is 6.38. The highest BCUT2D eigenvalue weighted by Gasteiger charge is 2.42. The first-order valence-electron chi connectivity index (χ1n) is 14.0. The number of benzene rings is 3. The van der Waals surface area contributed by atoms with Crippen LogP contribution in [0.3, 0.4) is 0 Å². The van der Waals surface area contributed by atoms with E-state index in [1.165, 1.54) is 18.2 Å². The van der Waals surface area contributed by atoms with Crippen LogP contribution in [0.1, 0.15) is 49.1 Å². The molecule has 2 aliphatic rings. The molecular formula is C32H33ClFN3O5S. The Labute approximate surface area is 256 Å². The number of halogens is 2. The van der Waals surface area contributed by atoms with E-state index < -0.39 is 32.3 Å². The van der Waals surface area contributed by atoms with Crippen LogP contribution in [-0.2, 0) is 26.7 Å². The number of nitrogens with zero attached hydrogens (tertiary/aromatic N) is 3. The fourth-order valence-electron chi connectivity index (χ4n) is 5.62. The van der Waals surface area contributed by atoms with E-state index in [0.717, 1.165) is 5.56 Å². The van der Waals surface area contributed by atoms with Gasteiger partial charge in [0.15, 0.2) is 21.4 Å². The Morgan fingerprint density at radius 2 is 1.77 bits per heavy atom. The first-order valence-corrected chi connectivity index (χ1v) is 16.1. The van der Waals surface area contributed by atoms with Crippen LogP contribution >= 0.6 is 11.6 Å². The number of sulfone groups is 1. The van der Waals surface area contributed by atoms with Gasteiger partial charge in [0.2, 0.25) is 0 Å². The zero-order valence-corrected chi connectivity index (χ0v) is 25.8. The number of amides is 1. The fourth-order valence-corrected chi connectivity index (χ4v) is 7.29. The molecule has 0 N–H and O–H groups in total. The lowest BCUT2D eigenvalue weighted by Crippen LogP contribution is -2.54. The van der Waals surface area contributed by atoms with Crippen molar-refractivity contribution < 1.29 is 27.1 Å². The van der Waals surface area contributed by atoms with Crippen LogP contribution in [0, 0.1) is 17.1 Å². The average molecular weight is 626 g/mol. The molecule has 11 heteroatoms. The van der Waals surface area contributed by atoms with E-state index in [2.05, 4.69) is 11.0 Å². The molecule has 226 valence electrons. The summed E-state index contributed by atoms with van der Waals surface area (Å²) in [7, 11) is -4.02. The number of rotatable bonds is 6. The minimum Gasteiger partial charge on any atom is -0.481 e. The molecule has 3 aromatic carbocycles. The van der Waals surface area contributed by atoms with E-state index in [1.807, 2.05) is 20.8 Å². The maximum absolute atomic E-state index is 15.9. The molecule has 1 amide bonds. The Morgan fingerprint density at radius 3 is 2.42 bits per heavy atom. The first kappa shape index (κ1) is 30.8. The van der Waals surface area contributed by atoms with Crippen molar-refractivity contribution in [2.24, 2.45) is 0 Å². The standard InChI is InChI=1S/C32H33ClFN3O5S/c1-32(2,3)42-31(38)37-14-12-36(13-15-37)26-18-24-22(19-35)16-23(33)17-25(24)30(26)41-27-10-7-11-28(29(27)34)43(39,40)20-21-8-5-4-6-9-21/h4-11,16-17,26,30H,12-15,18,20H2,1-3H3/t26-,30-/m0/s1. The summed E-state index contributed by atoms with van der Waals surface area (Å²) in [5.41, 5.74) is 1.75. The van der Waals surface area contributed by atoms with Crippen molar-refractivity contribution in [1.29, 1.82) is 5.26 Å². The molecule has 1 saturated heterocycles. The van der Waals surface area contributed by atoms with Crippen LogP contribution in [0.2, 0.25) is 5.02 Å². The average Bonchev–Trinajstić information content (AvgIpc) is 3.31. The second-order valence-corrected chi connectivity index (χ2v) is 14.2. The maximum Gasteiger partial charge on any atom is 0.410 e. The summed E-state index contributed by atoms with van der Waals surface area (Å²) in [6.45, 7) is 7.29. The smallest absolute Gasteiger partial charge is 0.410 e. The molecule has 0 spiro atoms. The number of carbonyl (C=O) groups is 1. The zero-order valence-electron chi connectivity index (χ0n) is 24.2. The van der Waals surface area contributed by atoms with E-state index in [1.54, 1.807) is 47.4 Å². The number of piperazine rings is 1. The topological polar surface area (TPSA) is 99.9 Å². The summed E-state index contributed by atoms with van der Waals surface area (Å²) in [6, 6.07) is 17.9. The Balaban J connectivity index is 1.43. The van der Waals surface area contributed by atoms with Crippen LogP contribution < -0.4 is 4.74 Å². The Hall–Kier alpha value is -3.65. The second kappa shape index (κ2) is 12.2. The Morgan fingerprint density at radius 1 is 1.07 bits per heavy atom. The number of carbonyl (C=O) groups excluding carboxylic acids is 1. The highest BCUT2D eigenvalue weighted by atomic mass is 35.5. The molecule has 0 saturated carbocycles. The zero-order chi connectivity index (χ0) is 30.9. The molecule has 1 heterocycles. The SMILES string of the molecule is CC(C)(C)OC(=O)N1CCN([C@H]2Cc3c(C#N)cc(Cl)cc3[C@@H]2Oc2cccc(S(=O)(=O)Cc3ccccc3)c2F)CC1. The van der Waals surface area contributed by atoms with Gasteiger partial charge in [-0.3, -0.25) is 4.90 Å². The summed E-state index contributed by atoms with van der Waals surface area (Å²) in [6.07, 6.45) is -0.681. The van der Waals surface area contributed by atoms with Gasteiger partial charge in [0, 0.05) is 31.2 Å². The van der Waals surface area contributed by atoms with E-state index in [0.29, 0.717) is 54.3 Å². The molecule has 43 heavy (non-hydrogen) atoms. The summed E-state index contributed by atoms with van der Waals surface area (Å²) < 4.78 is 54.2. The first-order chi connectivity index (χ1) is 20.4. The van der Waals surface area contributed by atoms with Gasteiger partial charge in [-0.2, -0.15) is 5.26 Å². The molecule has 1 aliphatic carbocycles. The summed E-state index contributed by atoms with van der Waals surface area (Å²) in [4.78, 5) is 16.0. The van der Waals surface area contributed by atoms with Crippen molar-refractivity contribution in [1.82, 2.24) is 9.80 Å². The molecule has 1 fully saturated rings. The van der Waals surface area contributed by atoms with Gasteiger partial charge in [0.1, 0.15) is 16.6 Å². The minimum atomic E-state index is -4.02. The predicted molar refractivity (Wildman–Crippen MR) is 160 cm³/mol. The second-order valence-electron chi connectivity index (χ2n) is 11.8. The van der Waals surface area contributed by atoms with Gasteiger partial charge in [0.05, 0.1) is 23.4 Å². The monoisotopic (exact) mass is 625 g/mol. The van der Waals surface area contributed by atoms with Gasteiger partial charge in [-0.1, -0.05) is 48.0 Å². The molecule has 0 bridgehead atoms. The number of hydrogen-bond acceptors (Lipinski definition) is 7. The lowest BCUT2D eigenvalue weighted by atomic mass is 10.0. The van der Waals surface area contributed by atoms with Crippen LogP contribution in [0.5, 0.6) is 5.75 Å². The lowest BCUT2D eigenvalue weighted by Gasteiger charge is -2.40. The molecule has 3 aromatic rings. The predicted octanol–water partition coefficient (Wildman–Crippen LogP) is 5.92. The summed E-state index contributed by atoms with van der Waals surface area (Å²) in [5, 5.41) is 10.2. The lowest BCUT2D eigenvalue weighted by molar-refractivity contribution is 0.000984. The molecule has 2 atom stereocenters. The summed E-state index contributed by atoms with van der Waals surface area (Å²) in [5.74, 6) is -1.53. The van der Waals surface area contributed by atoms with E-state index in [9.17, 15) is 18.5 Å². The van der Waals surface area contributed by atoms with Crippen molar-refractivity contribution in [3.63, 3.8) is 0 Å². The number of ether oxygens (including phenoxy) is 2. The van der Waals surface area contributed by atoms with Gasteiger partial charge in [-0.05, 0) is 68.1 Å². The van der Waals surface area contributed by atoms with Crippen LogP contribution in [0.25, 0.3) is 0 Å². The minimum absolute atomic E-state index is 0.206. The van der Waals surface area contributed by atoms with Crippen molar-refractivity contribution in [2.75, 3.05) is 26.2 Å². The molecule has 8 nitrogen and oxygen atoms in total. The maximum atomic E-state index is 15.9. The normalized spacial score (nSPS) is 19.0. The molecule has 1 aliphatic heterocycles. The van der Waals surface area contributed by atoms with E-state index in [4.69, 9.17) is 21.1 Å². The van der Waals surface area contributed by atoms with Gasteiger partial charge < -0.3 is 14.4 Å². The number of nitriles is 1. The van der Waals surface area contributed by atoms with Gasteiger partial charge in [-0.15, -0.1) is 0 Å². The van der Waals surface area contributed by atoms with E-state index in [-0.39, 0.29) is 23.6 Å². The van der Waals surface area contributed by atoms with Gasteiger partial charge >= 0.3 is 6.09 Å². The van der Waals surface area contributed by atoms with Crippen molar-refractivity contribution in [3.05, 3.63) is 93.8 Å². The number of hydrogen-bond donors (Lipinski definition) is 0. The molecule has 0 aromatic heterocycles. The van der Waals surface area contributed by atoms with Crippen molar-refractivity contribution >= 4 is 27.5 Å². The third kappa shape index (κ3) is 6.80. The van der Waals surface area contributed by atoms with Crippen LogP contribution in [0.15, 0.2) is 65.6 Å². The molecule has 0 unspecified atom stereocenters. The van der Waals surface area contributed by atoms with E-state index >= 15 is 4.39 Å². The van der Waals surface area contributed by atoms with Crippen molar-refractivity contribution in [2.45, 2.75) is 55.6 Å². The molecular weight excluding hydrogens is 593 g/mol. The third-order valence-electron chi connectivity index (χ3n) is 7.59. The van der Waals surface area contributed by atoms with Crippen molar-refractivity contribution in [3.8, 4) is 11.8 Å². The molecule has 5 rings (SSSR count). The fraction of sp³-hybridized carbons (Fsp3) is 0.375. The van der Waals surface area contributed by atoms with Gasteiger partial charge in [0.25, 0.3) is 0 Å². The van der Waals surface area contributed by atoms with Crippen LogP contribution in [0.4, 0.5) is 9.18 Å². The number of fused-ring (bicyclic) bond motifs is 1. The Kier molecular flexibility index (Phi) is 8.70. The quantitative estimate of drug-likeness (QED) is 0.335. The highest BCUT2D eigenvalue weighted by Crippen LogP contribution is 2.42.